The second-order valence-corrected chi connectivity index (χ2v) is 5.57. The fourth-order valence-electron chi connectivity index (χ4n) is 2.29. The third-order valence-corrected chi connectivity index (χ3v) is 3.97. The van der Waals surface area contributed by atoms with Crippen molar-refractivity contribution in [3.63, 3.8) is 0 Å². The molecule has 1 aromatic heterocycles. The largest absolute Gasteiger partial charge is 0.496 e. The first-order chi connectivity index (χ1) is 10.0. The summed E-state index contributed by atoms with van der Waals surface area (Å²) < 4.78 is 21.4. The summed E-state index contributed by atoms with van der Waals surface area (Å²) in [6.45, 7) is 1.71. The maximum absolute atomic E-state index is 13.6. The minimum absolute atomic E-state index is 0.289. The van der Waals surface area contributed by atoms with E-state index in [4.69, 9.17) is 10.5 Å². The minimum atomic E-state index is -0.289. The highest BCUT2D eigenvalue weighted by Gasteiger charge is 2.13. The number of nitrogen functional groups attached to an aromatic ring is 1. The fourth-order valence-corrected chi connectivity index (χ4v) is 2.82. The molecule has 2 aromatic carbocycles. The van der Waals surface area contributed by atoms with Crippen molar-refractivity contribution in [3.05, 3.63) is 46.2 Å². The van der Waals surface area contributed by atoms with Gasteiger partial charge in [0.05, 0.1) is 28.3 Å². The molecule has 0 saturated carbocycles. The average molecular weight is 350 g/mol. The minimum Gasteiger partial charge on any atom is -0.496 e. The van der Waals surface area contributed by atoms with Crippen molar-refractivity contribution in [2.45, 2.75) is 6.92 Å². The van der Waals surface area contributed by atoms with Crippen LogP contribution in [0, 0.1) is 12.7 Å². The van der Waals surface area contributed by atoms with Crippen LogP contribution in [0.25, 0.3) is 16.7 Å². The zero-order valence-electron chi connectivity index (χ0n) is 11.5. The molecule has 0 fully saturated rings. The van der Waals surface area contributed by atoms with E-state index in [1.54, 1.807) is 24.7 Å². The molecule has 2 N–H and O–H groups in total. The third-order valence-electron chi connectivity index (χ3n) is 3.35. The monoisotopic (exact) mass is 349 g/mol. The molecule has 0 amide bonds. The van der Waals surface area contributed by atoms with Gasteiger partial charge < -0.3 is 10.5 Å². The number of methoxy groups -OCH3 is 1. The molecule has 0 aliphatic heterocycles. The highest BCUT2D eigenvalue weighted by molar-refractivity contribution is 9.10. The van der Waals surface area contributed by atoms with Crippen molar-refractivity contribution >= 4 is 32.9 Å². The molecule has 3 rings (SSSR count). The van der Waals surface area contributed by atoms with Crippen molar-refractivity contribution in [1.29, 1.82) is 0 Å². The summed E-state index contributed by atoms with van der Waals surface area (Å²) in [5, 5.41) is 0. The molecule has 0 radical (unpaired) electrons. The normalized spacial score (nSPS) is 11.0. The van der Waals surface area contributed by atoms with E-state index in [0.29, 0.717) is 17.0 Å². The lowest BCUT2D eigenvalue weighted by Gasteiger charge is -2.10. The van der Waals surface area contributed by atoms with Gasteiger partial charge in [0.25, 0.3) is 0 Å². The molecule has 4 nitrogen and oxygen atoms in total. The molecule has 108 valence electrons. The SMILES string of the molecule is COc1ccc(-n2c(N)nc3cc(F)c(C)cc32)cc1Br. The van der Waals surface area contributed by atoms with Crippen LogP contribution in [-0.4, -0.2) is 16.7 Å². The van der Waals surface area contributed by atoms with Crippen LogP contribution >= 0.6 is 15.9 Å². The topological polar surface area (TPSA) is 53.1 Å². The highest BCUT2D eigenvalue weighted by atomic mass is 79.9. The quantitative estimate of drug-likeness (QED) is 0.764. The van der Waals surface area contributed by atoms with Crippen molar-refractivity contribution in [1.82, 2.24) is 9.55 Å². The molecule has 0 unspecified atom stereocenters. The van der Waals surface area contributed by atoms with E-state index >= 15 is 0 Å². The Morgan fingerprint density at radius 1 is 1.29 bits per heavy atom. The van der Waals surface area contributed by atoms with E-state index in [1.807, 2.05) is 18.2 Å². The van der Waals surface area contributed by atoms with Crippen LogP contribution in [0.5, 0.6) is 5.75 Å². The Kier molecular flexibility index (Phi) is 3.33. The number of hydrogen-bond acceptors (Lipinski definition) is 3. The molecule has 0 atom stereocenters. The predicted octanol–water partition coefficient (Wildman–Crippen LogP) is 3.83. The van der Waals surface area contributed by atoms with Gasteiger partial charge in [0.2, 0.25) is 5.95 Å². The van der Waals surface area contributed by atoms with Gasteiger partial charge in [-0.05, 0) is 52.7 Å². The van der Waals surface area contributed by atoms with Gasteiger partial charge >= 0.3 is 0 Å². The molecular weight excluding hydrogens is 337 g/mol. The number of anilines is 1. The second kappa shape index (κ2) is 5.04. The lowest BCUT2D eigenvalue weighted by atomic mass is 10.2. The van der Waals surface area contributed by atoms with E-state index in [0.717, 1.165) is 21.4 Å². The summed E-state index contributed by atoms with van der Waals surface area (Å²) in [6, 6.07) is 8.73. The van der Waals surface area contributed by atoms with Crippen molar-refractivity contribution in [2.75, 3.05) is 12.8 Å². The second-order valence-electron chi connectivity index (χ2n) is 4.71. The summed E-state index contributed by atoms with van der Waals surface area (Å²) in [6.07, 6.45) is 0. The van der Waals surface area contributed by atoms with E-state index in [2.05, 4.69) is 20.9 Å². The molecule has 0 aliphatic carbocycles. The number of aryl methyl sites for hydroxylation is 1. The summed E-state index contributed by atoms with van der Waals surface area (Å²) in [5.74, 6) is 0.749. The standard InChI is InChI=1S/C15H13BrFN3O/c1-8-5-13-12(7-11(8)17)19-15(18)20(13)9-3-4-14(21-2)10(16)6-9/h3-7H,1-2H3,(H2,18,19). The smallest absolute Gasteiger partial charge is 0.205 e. The van der Waals surface area contributed by atoms with Gasteiger partial charge in [0.1, 0.15) is 11.6 Å². The van der Waals surface area contributed by atoms with Crippen LogP contribution in [0.2, 0.25) is 0 Å². The van der Waals surface area contributed by atoms with E-state index in [1.165, 1.54) is 6.07 Å². The van der Waals surface area contributed by atoms with Gasteiger partial charge in [-0.3, -0.25) is 4.57 Å². The number of ether oxygens (including phenoxy) is 1. The summed E-state index contributed by atoms with van der Waals surface area (Å²) in [7, 11) is 1.60. The lowest BCUT2D eigenvalue weighted by Crippen LogP contribution is -2.01. The van der Waals surface area contributed by atoms with Crippen molar-refractivity contribution < 1.29 is 9.13 Å². The van der Waals surface area contributed by atoms with Crippen LogP contribution in [0.3, 0.4) is 0 Å². The molecule has 3 aromatic rings. The van der Waals surface area contributed by atoms with Crippen LogP contribution in [0.15, 0.2) is 34.8 Å². The molecular formula is C15H13BrFN3O. The number of nitrogens with zero attached hydrogens (tertiary/aromatic N) is 2. The van der Waals surface area contributed by atoms with Gasteiger partial charge in [-0.25, -0.2) is 9.37 Å². The Morgan fingerprint density at radius 3 is 2.71 bits per heavy atom. The Labute approximate surface area is 129 Å². The number of hydrogen-bond donors (Lipinski definition) is 1. The molecule has 0 saturated heterocycles. The molecule has 1 heterocycles. The number of benzene rings is 2. The maximum atomic E-state index is 13.6. The Balaban J connectivity index is 2.27. The number of fused-ring (bicyclic) bond motifs is 1. The zero-order valence-corrected chi connectivity index (χ0v) is 13.1. The Morgan fingerprint density at radius 2 is 2.05 bits per heavy atom. The number of aromatic nitrogens is 2. The first-order valence-electron chi connectivity index (χ1n) is 6.29. The van der Waals surface area contributed by atoms with E-state index in [-0.39, 0.29) is 5.82 Å². The third kappa shape index (κ3) is 2.25. The van der Waals surface area contributed by atoms with Crippen LogP contribution in [0.1, 0.15) is 5.56 Å². The molecule has 21 heavy (non-hydrogen) atoms. The van der Waals surface area contributed by atoms with Gasteiger partial charge in [-0.15, -0.1) is 0 Å². The molecule has 0 aliphatic rings. The number of halogens is 2. The Bertz CT molecular complexity index is 845. The zero-order chi connectivity index (χ0) is 15.1. The lowest BCUT2D eigenvalue weighted by molar-refractivity contribution is 0.412. The highest BCUT2D eigenvalue weighted by Crippen LogP contribution is 2.31. The van der Waals surface area contributed by atoms with E-state index < -0.39 is 0 Å². The molecule has 0 spiro atoms. The first kappa shape index (κ1) is 13.9. The summed E-state index contributed by atoms with van der Waals surface area (Å²) in [5.41, 5.74) is 8.67. The fraction of sp³-hybridized carbons (Fsp3) is 0.133. The number of nitrogens with two attached hydrogens (primary N) is 1. The van der Waals surface area contributed by atoms with Crippen LogP contribution < -0.4 is 10.5 Å². The van der Waals surface area contributed by atoms with Crippen LogP contribution in [0.4, 0.5) is 10.3 Å². The van der Waals surface area contributed by atoms with Crippen molar-refractivity contribution in [3.8, 4) is 11.4 Å². The van der Waals surface area contributed by atoms with Gasteiger partial charge in [0.15, 0.2) is 0 Å². The number of imidazole rings is 1. The summed E-state index contributed by atoms with van der Waals surface area (Å²) in [4.78, 5) is 4.22. The van der Waals surface area contributed by atoms with Crippen LogP contribution in [-0.2, 0) is 0 Å². The maximum Gasteiger partial charge on any atom is 0.205 e. The predicted molar refractivity (Wildman–Crippen MR) is 84.4 cm³/mol. The summed E-state index contributed by atoms with van der Waals surface area (Å²) >= 11 is 3.45. The van der Waals surface area contributed by atoms with Crippen molar-refractivity contribution in [2.24, 2.45) is 0 Å². The van der Waals surface area contributed by atoms with Gasteiger partial charge in [0, 0.05) is 6.07 Å². The first-order valence-corrected chi connectivity index (χ1v) is 7.08. The Hall–Kier alpha value is -2.08. The molecule has 6 heteroatoms. The average Bonchev–Trinajstić information content (AvgIpc) is 2.74. The van der Waals surface area contributed by atoms with E-state index in [9.17, 15) is 4.39 Å². The van der Waals surface area contributed by atoms with Gasteiger partial charge in [-0.2, -0.15) is 0 Å². The van der Waals surface area contributed by atoms with Gasteiger partial charge in [-0.1, -0.05) is 0 Å². The molecule has 0 bridgehead atoms. The number of rotatable bonds is 2.